The van der Waals surface area contributed by atoms with Crippen LogP contribution in [-0.4, -0.2) is 13.6 Å². The van der Waals surface area contributed by atoms with E-state index >= 15 is 0 Å². The molecule has 1 aliphatic carbocycles. The fraction of sp³-hybridized carbons (Fsp3) is 1.00. The first-order valence-electron chi connectivity index (χ1n) is 7.94. The van der Waals surface area contributed by atoms with Gasteiger partial charge in [0.1, 0.15) is 0 Å². The van der Waals surface area contributed by atoms with Crippen LogP contribution in [0.3, 0.4) is 0 Å². The van der Waals surface area contributed by atoms with Gasteiger partial charge in [-0.1, -0.05) is 71.6 Å². The molecule has 0 aliphatic heterocycles. The highest BCUT2D eigenvalue weighted by Crippen LogP contribution is 2.33. The van der Waals surface area contributed by atoms with Gasteiger partial charge < -0.3 is 5.32 Å². The summed E-state index contributed by atoms with van der Waals surface area (Å²) < 4.78 is 0. The van der Waals surface area contributed by atoms with Crippen LogP contribution in [-0.2, 0) is 0 Å². The standard InChI is InChI=1S/C16H33N/c1-4-16(14(2)13-17-3)15-11-9-7-5-6-8-10-12-15/h14-17H,4-13H2,1-3H3. The minimum atomic E-state index is 0.843. The molecular formula is C16H33N. The van der Waals surface area contributed by atoms with Crippen molar-refractivity contribution in [2.45, 2.75) is 71.6 Å². The number of hydrogen-bond donors (Lipinski definition) is 1. The molecule has 2 unspecified atom stereocenters. The monoisotopic (exact) mass is 239 g/mol. The predicted molar refractivity (Wildman–Crippen MR) is 77.3 cm³/mol. The van der Waals surface area contributed by atoms with Gasteiger partial charge >= 0.3 is 0 Å². The van der Waals surface area contributed by atoms with Gasteiger partial charge in [-0.05, 0) is 31.3 Å². The van der Waals surface area contributed by atoms with Crippen LogP contribution in [0.4, 0.5) is 0 Å². The molecule has 1 saturated carbocycles. The first-order chi connectivity index (χ1) is 8.29. The van der Waals surface area contributed by atoms with Gasteiger partial charge in [0, 0.05) is 0 Å². The van der Waals surface area contributed by atoms with Crippen molar-refractivity contribution in [3.05, 3.63) is 0 Å². The molecule has 1 nitrogen and oxygen atoms in total. The molecule has 17 heavy (non-hydrogen) atoms. The Balaban J connectivity index is 2.50. The lowest BCUT2D eigenvalue weighted by Crippen LogP contribution is -2.28. The third kappa shape index (κ3) is 5.42. The Labute approximate surface area is 109 Å². The summed E-state index contributed by atoms with van der Waals surface area (Å²) >= 11 is 0. The summed E-state index contributed by atoms with van der Waals surface area (Å²) in [7, 11) is 2.09. The van der Waals surface area contributed by atoms with Crippen LogP contribution in [0.2, 0.25) is 0 Å². The molecule has 1 rings (SSSR count). The Morgan fingerprint density at radius 2 is 1.53 bits per heavy atom. The van der Waals surface area contributed by atoms with Crippen molar-refractivity contribution in [2.24, 2.45) is 17.8 Å². The van der Waals surface area contributed by atoms with Gasteiger partial charge in [0.25, 0.3) is 0 Å². The van der Waals surface area contributed by atoms with Crippen molar-refractivity contribution < 1.29 is 0 Å². The van der Waals surface area contributed by atoms with Crippen molar-refractivity contribution >= 4 is 0 Å². The molecule has 0 radical (unpaired) electrons. The second-order valence-corrected chi connectivity index (χ2v) is 6.07. The fourth-order valence-corrected chi connectivity index (χ4v) is 3.77. The van der Waals surface area contributed by atoms with Crippen molar-refractivity contribution in [2.75, 3.05) is 13.6 Å². The van der Waals surface area contributed by atoms with Crippen molar-refractivity contribution in [1.82, 2.24) is 5.32 Å². The van der Waals surface area contributed by atoms with Gasteiger partial charge in [-0.15, -0.1) is 0 Å². The van der Waals surface area contributed by atoms with Gasteiger partial charge in [0.15, 0.2) is 0 Å². The van der Waals surface area contributed by atoms with E-state index in [1.165, 1.54) is 64.3 Å². The van der Waals surface area contributed by atoms with Crippen LogP contribution >= 0.6 is 0 Å². The molecule has 0 amide bonds. The topological polar surface area (TPSA) is 12.0 Å². The van der Waals surface area contributed by atoms with E-state index in [9.17, 15) is 0 Å². The van der Waals surface area contributed by atoms with Crippen LogP contribution in [0.25, 0.3) is 0 Å². The number of nitrogens with one attached hydrogen (secondary N) is 1. The van der Waals surface area contributed by atoms with E-state index in [4.69, 9.17) is 0 Å². The van der Waals surface area contributed by atoms with Gasteiger partial charge in [0.05, 0.1) is 0 Å². The molecule has 2 atom stereocenters. The molecule has 0 bridgehead atoms. The summed E-state index contributed by atoms with van der Waals surface area (Å²) in [6.07, 6.45) is 13.2. The Kier molecular flexibility index (Phi) is 7.92. The van der Waals surface area contributed by atoms with Crippen LogP contribution in [0.1, 0.15) is 71.6 Å². The Morgan fingerprint density at radius 1 is 1.00 bits per heavy atom. The zero-order valence-corrected chi connectivity index (χ0v) is 12.3. The quantitative estimate of drug-likeness (QED) is 0.738. The zero-order valence-electron chi connectivity index (χ0n) is 12.3. The Hall–Kier alpha value is -0.0400. The van der Waals surface area contributed by atoms with E-state index in [0.717, 1.165) is 17.8 Å². The minimum Gasteiger partial charge on any atom is -0.319 e. The zero-order chi connectivity index (χ0) is 12.5. The van der Waals surface area contributed by atoms with E-state index in [2.05, 4.69) is 26.2 Å². The molecule has 0 aromatic heterocycles. The summed E-state index contributed by atoms with van der Waals surface area (Å²) in [6, 6.07) is 0. The summed E-state index contributed by atoms with van der Waals surface area (Å²) in [4.78, 5) is 0. The van der Waals surface area contributed by atoms with E-state index in [-0.39, 0.29) is 0 Å². The molecule has 1 aliphatic rings. The molecule has 0 aromatic carbocycles. The highest BCUT2D eigenvalue weighted by Gasteiger charge is 2.24. The molecule has 0 saturated heterocycles. The maximum absolute atomic E-state index is 3.36. The van der Waals surface area contributed by atoms with Gasteiger partial charge in [0.2, 0.25) is 0 Å². The predicted octanol–water partition coefficient (Wildman–Crippen LogP) is 4.62. The highest BCUT2D eigenvalue weighted by atomic mass is 14.8. The van der Waals surface area contributed by atoms with E-state index in [1.54, 1.807) is 0 Å². The Bertz CT molecular complexity index is 168. The SMILES string of the molecule is CCC(C(C)CNC)C1CCCCCCCC1. The average molecular weight is 239 g/mol. The largest absolute Gasteiger partial charge is 0.319 e. The van der Waals surface area contributed by atoms with Crippen LogP contribution in [0, 0.1) is 17.8 Å². The average Bonchev–Trinajstić information content (AvgIpc) is 2.44. The van der Waals surface area contributed by atoms with Crippen molar-refractivity contribution in [3.63, 3.8) is 0 Å². The number of rotatable bonds is 5. The van der Waals surface area contributed by atoms with Gasteiger partial charge in [-0.2, -0.15) is 0 Å². The normalized spacial score (nSPS) is 23.5. The van der Waals surface area contributed by atoms with Crippen LogP contribution in [0.15, 0.2) is 0 Å². The van der Waals surface area contributed by atoms with Gasteiger partial charge in [-0.3, -0.25) is 0 Å². The summed E-state index contributed by atoms with van der Waals surface area (Å²) in [6.45, 7) is 6.02. The minimum absolute atomic E-state index is 0.843. The molecule has 0 heterocycles. The molecule has 0 spiro atoms. The first kappa shape index (κ1) is 15.0. The Morgan fingerprint density at radius 3 is 2.00 bits per heavy atom. The maximum atomic E-state index is 3.36. The van der Waals surface area contributed by atoms with Crippen LogP contribution in [0.5, 0.6) is 0 Å². The molecular weight excluding hydrogens is 206 g/mol. The second kappa shape index (κ2) is 8.97. The lowest BCUT2D eigenvalue weighted by atomic mass is 9.76. The van der Waals surface area contributed by atoms with E-state index in [0.29, 0.717) is 0 Å². The lowest BCUT2D eigenvalue weighted by Gasteiger charge is -2.31. The van der Waals surface area contributed by atoms with Gasteiger partial charge in [-0.25, -0.2) is 0 Å². The summed E-state index contributed by atoms with van der Waals surface area (Å²) in [5, 5.41) is 3.36. The third-order valence-corrected chi connectivity index (χ3v) is 4.73. The summed E-state index contributed by atoms with van der Waals surface area (Å²) in [5.74, 6) is 2.79. The highest BCUT2D eigenvalue weighted by molar-refractivity contribution is 4.76. The number of hydrogen-bond acceptors (Lipinski definition) is 1. The summed E-state index contributed by atoms with van der Waals surface area (Å²) in [5.41, 5.74) is 0. The molecule has 0 aromatic rings. The molecule has 1 N–H and O–H groups in total. The smallest absolute Gasteiger partial charge is 0.00234 e. The molecule has 1 heteroatoms. The first-order valence-corrected chi connectivity index (χ1v) is 7.94. The fourth-order valence-electron chi connectivity index (χ4n) is 3.77. The lowest BCUT2D eigenvalue weighted by molar-refractivity contribution is 0.201. The molecule has 1 fully saturated rings. The second-order valence-electron chi connectivity index (χ2n) is 6.07. The van der Waals surface area contributed by atoms with Crippen molar-refractivity contribution in [1.29, 1.82) is 0 Å². The third-order valence-electron chi connectivity index (χ3n) is 4.73. The van der Waals surface area contributed by atoms with E-state index in [1.807, 2.05) is 0 Å². The van der Waals surface area contributed by atoms with Crippen molar-refractivity contribution in [3.8, 4) is 0 Å². The van der Waals surface area contributed by atoms with E-state index < -0.39 is 0 Å². The van der Waals surface area contributed by atoms with Crippen LogP contribution < -0.4 is 5.32 Å². The maximum Gasteiger partial charge on any atom is -0.00234 e. The molecule has 102 valence electrons.